The van der Waals surface area contributed by atoms with E-state index in [0.717, 1.165) is 11.3 Å². The van der Waals surface area contributed by atoms with Crippen LogP contribution in [0.3, 0.4) is 0 Å². The summed E-state index contributed by atoms with van der Waals surface area (Å²) in [4.78, 5) is 14.9. The van der Waals surface area contributed by atoms with Crippen LogP contribution in [0.25, 0.3) is 0 Å². The second kappa shape index (κ2) is 9.39. The molecule has 1 aliphatic rings. The minimum absolute atomic E-state index is 0.0767. The predicted molar refractivity (Wildman–Crippen MR) is 111 cm³/mol. The number of amides is 1. The van der Waals surface area contributed by atoms with Gasteiger partial charge in [0.25, 0.3) is 0 Å². The van der Waals surface area contributed by atoms with Gasteiger partial charge in [0.1, 0.15) is 5.75 Å². The Balaban J connectivity index is 1.52. The van der Waals surface area contributed by atoms with Crippen LogP contribution in [0.4, 0.5) is 0 Å². The molecule has 1 aliphatic heterocycles. The maximum absolute atomic E-state index is 12.7. The number of ether oxygens (including phenoxy) is 1. The lowest BCUT2D eigenvalue weighted by molar-refractivity contribution is -0.126. The highest BCUT2D eigenvalue weighted by Gasteiger charge is 2.31. The van der Waals surface area contributed by atoms with Gasteiger partial charge in [0.15, 0.2) is 0 Å². The standard InChI is InChI=1S/C21H27N3O4S/c1-17(21(25)22-16-18-7-6-8-19(15-18)28-2)23-11-13-24(14-12-23)29(26,27)20-9-4-3-5-10-20/h3-10,15,17H,11-14,16H2,1-2H3,(H,22,25). The number of sulfonamides is 1. The van der Waals surface area contributed by atoms with Crippen LogP contribution in [-0.4, -0.2) is 62.9 Å². The van der Waals surface area contributed by atoms with Crippen molar-refractivity contribution in [2.24, 2.45) is 0 Å². The predicted octanol–water partition coefficient (Wildman–Crippen LogP) is 1.71. The molecule has 0 aromatic heterocycles. The monoisotopic (exact) mass is 417 g/mol. The summed E-state index contributed by atoms with van der Waals surface area (Å²) in [5.74, 6) is 0.674. The molecule has 1 heterocycles. The number of hydrogen-bond acceptors (Lipinski definition) is 5. The van der Waals surface area contributed by atoms with Gasteiger partial charge in [0, 0.05) is 32.7 Å². The fraction of sp³-hybridized carbons (Fsp3) is 0.381. The molecule has 1 amide bonds. The summed E-state index contributed by atoms with van der Waals surface area (Å²) < 4.78 is 32.1. The average Bonchev–Trinajstić information content (AvgIpc) is 2.77. The molecule has 1 N–H and O–H groups in total. The van der Waals surface area contributed by atoms with E-state index in [4.69, 9.17) is 4.74 Å². The maximum Gasteiger partial charge on any atom is 0.243 e. The molecule has 0 spiro atoms. The number of methoxy groups -OCH3 is 1. The number of carbonyl (C=O) groups is 1. The quantitative estimate of drug-likeness (QED) is 0.742. The van der Waals surface area contributed by atoms with Gasteiger partial charge in [-0.15, -0.1) is 0 Å². The first-order chi connectivity index (χ1) is 13.9. The van der Waals surface area contributed by atoms with Crippen LogP contribution in [0, 0.1) is 0 Å². The summed E-state index contributed by atoms with van der Waals surface area (Å²) in [5.41, 5.74) is 0.962. The lowest BCUT2D eigenvalue weighted by Crippen LogP contribution is -2.54. The third-order valence-electron chi connectivity index (χ3n) is 5.18. The van der Waals surface area contributed by atoms with Gasteiger partial charge in [-0.25, -0.2) is 8.42 Å². The second-order valence-electron chi connectivity index (χ2n) is 7.00. The van der Waals surface area contributed by atoms with E-state index < -0.39 is 10.0 Å². The van der Waals surface area contributed by atoms with Gasteiger partial charge in [-0.3, -0.25) is 9.69 Å². The number of piperazine rings is 1. The first kappa shape index (κ1) is 21.3. The van der Waals surface area contributed by atoms with Crippen LogP contribution in [0.5, 0.6) is 5.75 Å². The molecule has 2 aromatic rings. The first-order valence-corrected chi connectivity index (χ1v) is 11.1. The van der Waals surface area contributed by atoms with Crippen LogP contribution in [0.15, 0.2) is 59.5 Å². The Morgan fingerprint density at radius 3 is 2.41 bits per heavy atom. The number of nitrogens with one attached hydrogen (secondary N) is 1. The molecule has 7 nitrogen and oxygen atoms in total. The third-order valence-corrected chi connectivity index (χ3v) is 7.10. The Morgan fingerprint density at radius 2 is 1.76 bits per heavy atom. The zero-order valence-corrected chi connectivity index (χ0v) is 17.6. The van der Waals surface area contributed by atoms with Crippen molar-refractivity contribution < 1.29 is 17.9 Å². The molecule has 1 atom stereocenters. The van der Waals surface area contributed by atoms with Gasteiger partial charge in [-0.05, 0) is 36.8 Å². The summed E-state index contributed by atoms with van der Waals surface area (Å²) in [7, 11) is -1.88. The third kappa shape index (κ3) is 5.14. The minimum Gasteiger partial charge on any atom is -0.497 e. The van der Waals surface area contributed by atoms with E-state index in [2.05, 4.69) is 5.32 Å². The van der Waals surface area contributed by atoms with Crippen molar-refractivity contribution >= 4 is 15.9 Å². The highest BCUT2D eigenvalue weighted by atomic mass is 32.2. The number of carbonyl (C=O) groups excluding carboxylic acids is 1. The molecular formula is C21H27N3O4S. The van der Waals surface area contributed by atoms with E-state index in [0.29, 0.717) is 37.6 Å². The van der Waals surface area contributed by atoms with E-state index in [1.165, 1.54) is 4.31 Å². The normalized spacial score (nSPS) is 16.9. The summed E-state index contributed by atoms with van der Waals surface area (Å²) in [6.45, 7) is 4.03. The Kier molecular flexibility index (Phi) is 6.89. The molecule has 29 heavy (non-hydrogen) atoms. The van der Waals surface area contributed by atoms with Gasteiger partial charge < -0.3 is 10.1 Å². The first-order valence-electron chi connectivity index (χ1n) is 9.61. The van der Waals surface area contributed by atoms with Crippen molar-refractivity contribution in [2.75, 3.05) is 33.3 Å². The Bertz CT molecular complexity index is 926. The van der Waals surface area contributed by atoms with Crippen LogP contribution < -0.4 is 10.1 Å². The molecule has 1 fully saturated rings. The van der Waals surface area contributed by atoms with Gasteiger partial charge in [-0.1, -0.05) is 30.3 Å². The van der Waals surface area contributed by atoms with E-state index in [-0.39, 0.29) is 11.9 Å². The molecule has 2 aromatic carbocycles. The molecule has 0 radical (unpaired) electrons. The average molecular weight is 418 g/mol. The second-order valence-corrected chi connectivity index (χ2v) is 8.94. The smallest absolute Gasteiger partial charge is 0.243 e. The van der Waals surface area contributed by atoms with Crippen molar-refractivity contribution in [1.82, 2.24) is 14.5 Å². The van der Waals surface area contributed by atoms with E-state index in [9.17, 15) is 13.2 Å². The van der Waals surface area contributed by atoms with Crippen molar-refractivity contribution in [2.45, 2.75) is 24.4 Å². The Morgan fingerprint density at radius 1 is 1.07 bits per heavy atom. The minimum atomic E-state index is -3.49. The molecule has 0 bridgehead atoms. The van der Waals surface area contributed by atoms with Crippen molar-refractivity contribution in [1.29, 1.82) is 0 Å². The van der Waals surface area contributed by atoms with Crippen molar-refractivity contribution in [3.8, 4) is 5.75 Å². The van der Waals surface area contributed by atoms with Gasteiger partial charge in [0.2, 0.25) is 15.9 Å². The largest absolute Gasteiger partial charge is 0.497 e. The lowest BCUT2D eigenvalue weighted by Gasteiger charge is -2.36. The topological polar surface area (TPSA) is 79.0 Å². The number of hydrogen-bond donors (Lipinski definition) is 1. The molecule has 3 rings (SSSR count). The lowest BCUT2D eigenvalue weighted by atomic mass is 10.2. The molecule has 0 aliphatic carbocycles. The summed E-state index contributed by atoms with van der Waals surface area (Å²) in [5, 5.41) is 2.95. The highest BCUT2D eigenvalue weighted by Crippen LogP contribution is 2.18. The number of rotatable bonds is 7. The molecule has 1 unspecified atom stereocenters. The molecule has 156 valence electrons. The fourth-order valence-electron chi connectivity index (χ4n) is 3.36. The Labute approximate surface area is 172 Å². The van der Waals surface area contributed by atoms with Gasteiger partial charge in [-0.2, -0.15) is 4.31 Å². The van der Waals surface area contributed by atoms with Gasteiger partial charge >= 0.3 is 0 Å². The van der Waals surface area contributed by atoms with Crippen LogP contribution in [0.1, 0.15) is 12.5 Å². The number of nitrogens with zero attached hydrogens (tertiary/aromatic N) is 2. The summed E-state index contributed by atoms with van der Waals surface area (Å²) in [6, 6.07) is 15.7. The van der Waals surface area contributed by atoms with E-state index in [1.807, 2.05) is 36.1 Å². The number of benzene rings is 2. The Hall–Kier alpha value is -2.42. The van der Waals surface area contributed by atoms with Crippen LogP contribution in [0.2, 0.25) is 0 Å². The summed E-state index contributed by atoms with van der Waals surface area (Å²) in [6.07, 6.45) is 0. The highest BCUT2D eigenvalue weighted by molar-refractivity contribution is 7.89. The zero-order chi connectivity index (χ0) is 20.9. The molecule has 0 saturated carbocycles. The fourth-order valence-corrected chi connectivity index (χ4v) is 4.80. The molecular weight excluding hydrogens is 390 g/mol. The SMILES string of the molecule is COc1cccc(CNC(=O)C(C)N2CCN(S(=O)(=O)c3ccccc3)CC2)c1. The van der Waals surface area contributed by atoms with E-state index >= 15 is 0 Å². The van der Waals surface area contributed by atoms with Crippen LogP contribution >= 0.6 is 0 Å². The maximum atomic E-state index is 12.7. The van der Waals surface area contributed by atoms with Crippen molar-refractivity contribution in [3.63, 3.8) is 0 Å². The van der Waals surface area contributed by atoms with Gasteiger partial charge in [0.05, 0.1) is 18.0 Å². The molecule has 1 saturated heterocycles. The summed E-state index contributed by atoms with van der Waals surface area (Å²) >= 11 is 0. The van der Waals surface area contributed by atoms with E-state index in [1.54, 1.807) is 37.4 Å². The molecule has 8 heteroatoms. The van der Waals surface area contributed by atoms with Crippen molar-refractivity contribution in [3.05, 3.63) is 60.2 Å². The van der Waals surface area contributed by atoms with Crippen LogP contribution in [-0.2, 0) is 21.4 Å². The zero-order valence-electron chi connectivity index (χ0n) is 16.7.